The zero-order valence-electron chi connectivity index (χ0n) is 8.62. The number of H-pyrrole nitrogens is 1. The van der Waals surface area contributed by atoms with Gasteiger partial charge in [-0.1, -0.05) is 0 Å². The molecular formula is C11H15N3O. The summed E-state index contributed by atoms with van der Waals surface area (Å²) < 4.78 is 0. The third-order valence-electron chi connectivity index (χ3n) is 3.41. The molecule has 0 spiro atoms. The normalized spacial score (nSPS) is 21.4. The predicted octanol–water partition coefficient (Wildman–Crippen LogP) is 0.668. The lowest BCUT2D eigenvalue weighted by atomic mass is 10.1. The van der Waals surface area contributed by atoms with Crippen molar-refractivity contribution in [3.63, 3.8) is 0 Å². The summed E-state index contributed by atoms with van der Waals surface area (Å²) >= 11 is 0. The van der Waals surface area contributed by atoms with E-state index < -0.39 is 0 Å². The lowest BCUT2D eigenvalue weighted by Crippen LogP contribution is -2.23. The van der Waals surface area contributed by atoms with E-state index in [1.807, 2.05) is 0 Å². The highest BCUT2D eigenvalue weighted by Gasteiger charge is 2.32. The number of nitrogens with one attached hydrogen (secondary N) is 1. The maximum Gasteiger partial charge on any atom is 0.254 e. The van der Waals surface area contributed by atoms with Crippen LogP contribution in [0.2, 0.25) is 0 Å². The molecule has 4 heteroatoms. The summed E-state index contributed by atoms with van der Waals surface area (Å²) in [6, 6.07) is -0.0661. The molecule has 80 valence electrons. The topological polar surface area (TPSA) is 71.8 Å². The van der Waals surface area contributed by atoms with Crippen LogP contribution in [0, 0.1) is 5.92 Å². The van der Waals surface area contributed by atoms with Gasteiger partial charge in [0.1, 0.15) is 5.82 Å². The van der Waals surface area contributed by atoms with E-state index in [9.17, 15) is 4.79 Å². The van der Waals surface area contributed by atoms with Crippen LogP contribution in [0.3, 0.4) is 0 Å². The van der Waals surface area contributed by atoms with Gasteiger partial charge in [-0.2, -0.15) is 0 Å². The molecule has 0 bridgehead atoms. The van der Waals surface area contributed by atoms with E-state index in [2.05, 4.69) is 9.97 Å². The number of nitrogens with zero attached hydrogens (tertiary/aromatic N) is 1. The lowest BCUT2D eigenvalue weighted by Gasteiger charge is -2.10. The van der Waals surface area contributed by atoms with E-state index in [0.717, 1.165) is 30.5 Å². The number of hydrogen-bond acceptors (Lipinski definition) is 3. The van der Waals surface area contributed by atoms with E-state index >= 15 is 0 Å². The van der Waals surface area contributed by atoms with Crippen molar-refractivity contribution in [2.75, 3.05) is 0 Å². The van der Waals surface area contributed by atoms with Crippen LogP contribution in [-0.2, 0) is 12.8 Å². The molecule has 1 saturated carbocycles. The Morgan fingerprint density at radius 3 is 2.93 bits per heavy atom. The van der Waals surface area contributed by atoms with Crippen LogP contribution in [0.25, 0.3) is 0 Å². The highest BCUT2D eigenvalue weighted by atomic mass is 16.1. The second-order valence-electron chi connectivity index (χ2n) is 4.59. The number of aromatic amines is 1. The van der Waals surface area contributed by atoms with Crippen LogP contribution in [0.1, 0.15) is 42.4 Å². The minimum absolute atomic E-state index is 0.0311. The summed E-state index contributed by atoms with van der Waals surface area (Å²) in [6.45, 7) is 0. The average Bonchev–Trinajstić information content (AvgIpc) is 2.96. The third kappa shape index (κ3) is 1.49. The molecule has 1 atom stereocenters. The van der Waals surface area contributed by atoms with Crippen molar-refractivity contribution in [2.45, 2.75) is 38.1 Å². The van der Waals surface area contributed by atoms with Crippen molar-refractivity contribution in [1.82, 2.24) is 9.97 Å². The minimum Gasteiger partial charge on any atom is -0.321 e. The van der Waals surface area contributed by atoms with Gasteiger partial charge < -0.3 is 10.7 Å². The SMILES string of the molecule is NC(c1nc2c(c(=O)[nH]1)CCC2)C1CC1. The molecule has 1 aromatic heterocycles. The van der Waals surface area contributed by atoms with E-state index in [1.165, 1.54) is 12.8 Å². The Morgan fingerprint density at radius 1 is 1.40 bits per heavy atom. The quantitative estimate of drug-likeness (QED) is 0.745. The largest absolute Gasteiger partial charge is 0.321 e. The molecule has 15 heavy (non-hydrogen) atoms. The fourth-order valence-corrected chi connectivity index (χ4v) is 2.30. The average molecular weight is 205 g/mol. The highest BCUT2D eigenvalue weighted by molar-refractivity contribution is 5.23. The number of nitrogens with two attached hydrogens (primary N) is 1. The van der Waals surface area contributed by atoms with Gasteiger partial charge in [0.05, 0.1) is 11.7 Å². The molecule has 3 rings (SSSR count). The van der Waals surface area contributed by atoms with Gasteiger partial charge >= 0.3 is 0 Å². The monoisotopic (exact) mass is 205 g/mol. The Bertz CT molecular complexity index is 448. The Balaban J connectivity index is 2.02. The number of hydrogen-bond donors (Lipinski definition) is 2. The molecule has 3 N–H and O–H groups in total. The second-order valence-corrected chi connectivity index (χ2v) is 4.59. The van der Waals surface area contributed by atoms with E-state index in [1.54, 1.807) is 0 Å². The maximum atomic E-state index is 11.7. The third-order valence-corrected chi connectivity index (χ3v) is 3.41. The Hall–Kier alpha value is -1.16. The van der Waals surface area contributed by atoms with E-state index in [0.29, 0.717) is 11.7 Å². The molecule has 0 amide bonds. The summed E-state index contributed by atoms with van der Waals surface area (Å²) in [5.41, 5.74) is 7.92. The van der Waals surface area contributed by atoms with Crippen LogP contribution < -0.4 is 11.3 Å². The van der Waals surface area contributed by atoms with Gasteiger partial charge in [-0.3, -0.25) is 4.79 Å². The van der Waals surface area contributed by atoms with Crippen LogP contribution in [0.5, 0.6) is 0 Å². The maximum absolute atomic E-state index is 11.7. The predicted molar refractivity (Wildman–Crippen MR) is 56.5 cm³/mol. The Kier molecular flexibility index (Phi) is 1.92. The first kappa shape index (κ1) is 9.09. The number of fused-ring (bicyclic) bond motifs is 1. The number of rotatable bonds is 2. The molecular weight excluding hydrogens is 190 g/mol. The summed E-state index contributed by atoms with van der Waals surface area (Å²) in [7, 11) is 0. The van der Waals surface area contributed by atoms with Crippen LogP contribution in [0.4, 0.5) is 0 Å². The summed E-state index contributed by atoms with van der Waals surface area (Å²) in [6.07, 6.45) is 5.19. The second kappa shape index (κ2) is 3.17. The molecule has 1 fully saturated rings. The van der Waals surface area contributed by atoms with Gasteiger partial charge in [-0.15, -0.1) is 0 Å². The number of aromatic nitrogens is 2. The molecule has 1 unspecified atom stereocenters. The summed E-state index contributed by atoms with van der Waals surface area (Å²) in [5, 5.41) is 0. The Morgan fingerprint density at radius 2 is 2.20 bits per heavy atom. The van der Waals surface area contributed by atoms with Crippen molar-refractivity contribution >= 4 is 0 Å². The number of aryl methyl sites for hydroxylation is 1. The lowest BCUT2D eigenvalue weighted by molar-refractivity contribution is 0.587. The Labute approximate surface area is 87.9 Å². The molecule has 1 heterocycles. The van der Waals surface area contributed by atoms with Gasteiger partial charge in [0.2, 0.25) is 0 Å². The molecule has 0 radical (unpaired) electrons. The van der Waals surface area contributed by atoms with E-state index in [-0.39, 0.29) is 11.6 Å². The molecule has 0 aromatic carbocycles. The first-order chi connectivity index (χ1) is 7.25. The standard InChI is InChI=1S/C11H15N3O/c12-9(6-4-5-6)10-13-8-3-1-2-7(8)11(15)14-10/h6,9H,1-5,12H2,(H,13,14,15). The molecule has 4 nitrogen and oxygen atoms in total. The molecule has 1 aromatic rings. The van der Waals surface area contributed by atoms with Gasteiger partial charge in [-0.05, 0) is 38.0 Å². The summed E-state index contributed by atoms with van der Waals surface area (Å²) in [4.78, 5) is 19.1. The van der Waals surface area contributed by atoms with Crippen molar-refractivity contribution in [3.05, 3.63) is 27.4 Å². The van der Waals surface area contributed by atoms with Crippen LogP contribution in [-0.4, -0.2) is 9.97 Å². The van der Waals surface area contributed by atoms with Crippen molar-refractivity contribution in [3.8, 4) is 0 Å². The van der Waals surface area contributed by atoms with Crippen molar-refractivity contribution < 1.29 is 0 Å². The van der Waals surface area contributed by atoms with Gasteiger partial charge in [-0.25, -0.2) is 4.98 Å². The molecule has 2 aliphatic rings. The van der Waals surface area contributed by atoms with Gasteiger partial charge in [0.15, 0.2) is 0 Å². The first-order valence-electron chi connectivity index (χ1n) is 5.63. The van der Waals surface area contributed by atoms with E-state index in [4.69, 9.17) is 5.73 Å². The highest BCUT2D eigenvalue weighted by Crippen LogP contribution is 2.38. The zero-order valence-corrected chi connectivity index (χ0v) is 8.62. The minimum atomic E-state index is -0.0661. The molecule has 2 aliphatic carbocycles. The van der Waals surface area contributed by atoms with Gasteiger partial charge in [0.25, 0.3) is 5.56 Å². The fourth-order valence-electron chi connectivity index (χ4n) is 2.30. The first-order valence-corrected chi connectivity index (χ1v) is 5.63. The van der Waals surface area contributed by atoms with Crippen molar-refractivity contribution in [1.29, 1.82) is 0 Å². The smallest absolute Gasteiger partial charge is 0.254 e. The summed E-state index contributed by atoms with van der Waals surface area (Å²) in [5.74, 6) is 1.23. The molecule has 0 aliphatic heterocycles. The zero-order chi connectivity index (χ0) is 10.4. The van der Waals surface area contributed by atoms with Crippen molar-refractivity contribution in [2.24, 2.45) is 11.7 Å². The molecule has 0 saturated heterocycles. The van der Waals surface area contributed by atoms with Crippen LogP contribution in [0.15, 0.2) is 4.79 Å². The van der Waals surface area contributed by atoms with Gasteiger partial charge in [0, 0.05) is 5.56 Å². The fraction of sp³-hybridized carbons (Fsp3) is 0.636. The van der Waals surface area contributed by atoms with Crippen LogP contribution >= 0.6 is 0 Å².